The second kappa shape index (κ2) is 12.2. The van der Waals surface area contributed by atoms with Gasteiger partial charge in [-0.3, -0.25) is 9.36 Å². The maximum Gasteiger partial charge on any atom is 0.250 e. The molecule has 2 aromatic heterocycles. The highest BCUT2D eigenvalue weighted by molar-refractivity contribution is 7.99. The summed E-state index contributed by atoms with van der Waals surface area (Å²) >= 11 is 1.32. The van der Waals surface area contributed by atoms with Crippen LogP contribution in [0.5, 0.6) is 0 Å². The molecule has 0 unspecified atom stereocenters. The summed E-state index contributed by atoms with van der Waals surface area (Å²) < 4.78 is 3.87. The largest absolute Gasteiger partial charge is 0.272 e. The van der Waals surface area contributed by atoms with Crippen LogP contribution in [0, 0.1) is 20.8 Å². The molecule has 1 N–H and O–H groups in total. The Labute approximate surface area is 250 Å². The number of carbonyl (C=O) groups excluding carboxylic acids is 1. The maximum absolute atomic E-state index is 12.8. The Bertz CT molecular complexity index is 1710. The van der Waals surface area contributed by atoms with Crippen molar-refractivity contribution in [2.45, 2.75) is 52.1 Å². The number of aryl methyl sites for hydroxylation is 2. The molecule has 0 bridgehead atoms. The summed E-state index contributed by atoms with van der Waals surface area (Å²) in [6.07, 6.45) is 1.65. The van der Waals surface area contributed by atoms with E-state index in [-0.39, 0.29) is 17.1 Å². The molecule has 8 nitrogen and oxygen atoms in total. The summed E-state index contributed by atoms with van der Waals surface area (Å²) in [5.41, 5.74) is 10.6. The van der Waals surface area contributed by atoms with Crippen LogP contribution in [0.4, 0.5) is 0 Å². The zero-order valence-corrected chi connectivity index (χ0v) is 25.6. The van der Waals surface area contributed by atoms with Crippen LogP contribution >= 0.6 is 11.8 Å². The van der Waals surface area contributed by atoms with E-state index in [1.165, 1.54) is 17.3 Å². The van der Waals surface area contributed by atoms with Gasteiger partial charge in [0.25, 0.3) is 5.91 Å². The molecule has 0 fully saturated rings. The number of aromatic nitrogens is 5. The molecule has 0 radical (unpaired) electrons. The lowest BCUT2D eigenvalue weighted by Gasteiger charge is -2.19. The first-order valence-electron chi connectivity index (χ1n) is 13.8. The molecule has 0 saturated heterocycles. The zero-order valence-electron chi connectivity index (χ0n) is 24.8. The molecule has 2 heterocycles. The number of carbonyl (C=O) groups is 1. The lowest BCUT2D eigenvalue weighted by molar-refractivity contribution is -0.118. The molecule has 214 valence electrons. The predicted octanol–water partition coefficient (Wildman–Crippen LogP) is 6.59. The standard InChI is InChI=1S/C33H35N7OS/c1-22-12-18-27(19-13-22)39-31(25-14-16-26(17-15-25)33(4,5)6)36-37-32(39)42-21-30(41)35-34-20-29-23(2)38-40(24(29)3)28-10-8-7-9-11-28/h7-20H,21H2,1-6H3,(H,35,41)/b34-20-. The molecule has 42 heavy (non-hydrogen) atoms. The third-order valence-corrected chi connectivity index (χ3v) is 7.93. The second-order valence-corrected chi connectivity index (χ2v) is 12.2. The van der Waals surface area contributed by atoms with Crippen molar-refractivity contribution >= 4 is 23.9 Å². The van der Waals surface area contributed by atoms with Crippen LogP contribution in [0.1, 0.15) is 48.8 Å². The van der Waals surface area contributed by atoms with Gasteiger partial charge < -0.3 is 0 Å². The van der Waals surface area contributed by atoms with Crippen LogP contribution in [-0.4, -0.2) is 42.4 Å². The smallest absolute Gasteiger partial charge is 0.250 e. The molecular weight excluding hydrogens is 542 g/mol. The number of para-hydroxylation sites is 1. The summed E-state index contributed by atoms with van der Waals surface area (Å²) in [6, 6.07) is 26.5. The van der Waals surface area contributed by atoms with Crippen LogP contribution < -0.4 is 5.43 Å². The minimum absolute atomic E-state index is 0.0553. The average molecular weight is 578 g/mol. The first-order valence-corrected chi connectivity index (χ1v) is 14.8. The first kappa shape index (κ1) is 29.0. The van der Waals surface area contributed by atoms with Gasteiger partial charge in [0.05, 0.1) is 29.0 Å². The minimum Gasteiger partial charge on any atom is -0.272 e. The summed E-state index contributed by atoms with van der Waals surface area (Å²) in [5.74, 6) is 0.615. The lowest BCUT2D eigenvalue weighted by atomic mass is 9.87. The van der Waals surface area contributed by atoms with Crippen molar-refractivity contribution in [3.8, 4) is 22.8 Å². The Balaban J connectivity index is 1.32. The number of hydrogen-bond donors (Lipinski definition) is 1. The summed E-state index contributed by atoms with van der Waals surface area (Å²) in [5, 5.41) is 18.5. The summed E-state index contributed by atoms with van der Waals surface area (Å²) in [6.45, 7) is 12.6. The monoisotopic (exact) mass is 577 g/mol. The molecule has 0 aliphatic rings. The number of rotatable bonds is 8. The van der Waals surface area contributed by atoms with Crippen LogP contribution in [0.3, 0.4) is 0 Å². The van der Waals surface area contributed by atoms with Gasteiger partial charge in [0.1, 0.15) is 0 Å². The Kier molecular flexibility index (Phi) is 8.40. The van der Waals surface area contributed by atoms with Crippen molar-refractivity contribution in [1.29, 1.82) is 0 Å². The molecular formula is C33H35N7OS. The van der Waals surface area contributed by atoms with Crippen molar-refractivity contribution in [3.05, 3.63) is 107 Å². The SMILES string of the molecule is Cc1ccc(-n2c(SCC(=O)N/N=C\c3c(C)nn(-c4ccccc4)c3C)nnc2-c2ccc(C(C)(C)C)cc2)cc1. The van der Waals surface area contributed by atoms with Gasteiger partial charge in [-0.1, -0.05) is 92.7 Å². The third kappa shape index (κ3) is 6.36. The lowest BCUT2D eigenvalue weighted by Crippen LogP contribution is -2.20. The molecule has 0 spiro atoms. The molecule has 1 amide bonds. The van der Waals surface area contributed by atoms with Crippen molar-refractivity contribution in [2.75, 3.05) is 5.75 Å². The number of benzene rings is 3. The Morgan fingerprint density at radius 1 is 0.905 bits per heavy atom. The number of nitrogens with one attached hydrogen (secondary N) is 1. The highest BCUT2D eigenvalue weighted by Gasteiger charge is 2.19. The molecule has 5 rings (SSSR count). The third-order valence-electron chi connectivity index (χ3n) is 7.00. The van der Waals surface area contributed by atoms with E-state index in [4.69, 9.17) is 0 Å². The molecule has 0 saturated carbocycles. The second-order valence-electron chi connectivity index (χ2n) is 11.2. The highest BCUT2D eigenvalue weighted by Crippen LogP contribution is 2.30. The maximum atomic E-state index is 12.8. The van der Waals surface area contributed by atoms with Crippen LogP contribution in [0.25, 0.3) is 22.8 Å². The normalized spacial score (nSPS) is 11.8. The quantitative estimate of drug-likeness (QED) is 0.128. The molecule has 5 aromatic rings. The van der Waals surface area contributed by atoms with E-state index >= 15 is 0 Å². The predicted molar refractivity (Wildman–Crippen MR) is 170 cm³/mol. The fourth-order valence-corrected chi connectivity index (χ4v) is 5.33. The van der Waals surface area contributed by atoms with E-state index in [0.717, 1.165) is 45.3 Å². The Morgan fingerprint density at radius 3 is 2.26 bits per heavy atom. The van der Waals surface area contributed by atoms with Crippen LogP contribution in [0.15, 0.2) is 89.1 Å². The van der Waals surface area contributed by atoms with Crippen molar-refractivity contribution in [3.63, 3.8) is 0 Å². The number of amides is 1. The molecule has 0 aliphatic heterocycles. The van der Waals surface area contributed by atoms with Crippen LogP contribution in [0.2, 0.25) is 0 Å². The number of hydrogen-bond acceptors (Lipinski definition) is 6. The molecule has 3 aromatic carbocycles. The molecule has 0 aliphatic carbocycles. The van der Waals surface area contributed by atoms with E-state index in [9.17, 15) is 4.79 Å². The molecule has 9 heteroatoms. The first-order chi connectivity index (χ1) is 20.1. The van der Waals surface area contributed by atoms with Gasteiger partial charge in [-0.2, -0.15) is 10.2 Å². The van der Waals surface area contributed by atoms with Crippen molar-refractivity contribution < 1.29 is 4.79 Å². The number of hydrazone groups is 1. The van der Waals surface area contributed by atoms with E-state index < -0.39 is 0 Å². The fraction of sp³-hybridized carbons (Fsp3) is 0.242. The van der Waals surface area contributed by atoms with Gasteiger partial charge >= 0.3 is 0 Å². The average Bonchev–Trinajstić information content (AvgIpc) is 3.53. The van der Waals surface area contributed by atoms with Crippen LogP contribution in [-0.2, 0) is 10.2 Å². The molecule has 0 atom stereocenters. The van der Waals surface area contributed by atoms with Gasteiger partial charge in [-0.25, -0.2) is 10.1 Å². The topological polar surface area (TPSA) is 90.0 Å². The van der Waals surface area contributed by atoms with E-state index in [0.29, 0.717) is 5.16 Å². The Hall–Kier alpha value is -4.50. The Morgan fingerprint density at radius 2 is 1.60 bits per heavy atom. The fourth-order valence-electron chi connectivity index (χ4n) is 4.59. The van der Waals surface area contributed by atoms with Gasteiger partial charge in [-0.15, -0.1) is 10.2 Å². The van der Waals surface area contributed by atoms with Crippen molar-refractivity contribution in [1.82, 2.24) is 30.0 Å². The number of thioether (sulfide) groups is 1. The van der Waals surface area contributed by atoms with Gasteiger partial charge in [0.15, 0.2) is 11.0 Å². The summed E-state index contributed by atoms with van der Waals surface area (Å²) in [7, 11) is 0. The summed E-state index contributed by atoms with van der Waals surface area (Å²) in [4.78, 5) is 12.8. The van der Waals surface area contributed by atoms with Gasteiger partial charge in [-0.05, 0) is 56.0 Å². The highest BCUT2D eigenvalue weighted by atomic mass is 32.2. The van der Waals surface area contributed by atoms with Crippen molar-refractivity contribution in [2.24, 2.45) is 5.10 Å². The van der Waals surface area contributed by atoms with Gasteiger partial charge in [0.2, 0.25) is 0 Å². The van der Waals surface area contributed by atoms with E-state index in [1.54, 1.807) is 6.21 Å². The van der Waals surface area contributed by atoms with E-state index in [2.05, 4.69) is 89.9 Å². The van der Waals surface area contributed by atoms with E-state index in [1.807, 2.05) is 65.6 Å². The van der Waals surface area contributed by atoms with Gasteiger partial charge in [0, 0.05) is 16.8 Å². The zero-order chi connectivity index (χ0) is 29.9. The minimum atomic E-state index is -0.239. The number of nitrogens with zero attached hydrogens (tertiary/aromatic N) is 6.